The van der Waals surface area contributed by atoms with Gasteiger partial charge in [-0.1, -0.05) is 0 Å². The van der Waals surface area contributed by atoms with Gasteiger partial charge in [0.2, 0.25) is 10.0 Å². The molecule has 21 heavy (non-hydrogen) atoms. The van der Waals surface area contributed by atoms with Crippen LogP contribution in [-0.4, -0.2) is 40.9 Å². The minimum Gasteiger partial charge on any atom is -0.398 e. The summed E-state index contributed by atoms with van der Waals surface area (Å²) in [5.41, 5.74) is 5.26. The molecule has 1 heterocycles. The minimum absolute atomic E-state index is 0.0568. The third-order valence-corrected chi connectivity index (χ3v) is 5.13. The van der Waals surface area contributed by atoms with E-state index in [0.29, 0.717) is 19.6 Å². The number of sulfonamides is 1. The molecule has 118 valence electrons. The van der Waals surface area contributed by atoms with Crippen molar-refractivity contribution in [2.24, 2.45) is 0 Å². The Morgan fingerprint density at radius 2 is 2.24 bits per heavy atom. The second-order valence-corrected chi connectivity index (χ2v) is 6.90. The molecular formula is C13H19FN2O4S. The fraction of sp³-hybridized carbons (Fsp3) is 0.538. The maximum Gasteiger partial charge on any atom is 0.240 e. The van der Waals surface area contributed by atoms with E-state index in [0.717, 1.165) is 6.07 Å². The highest BCUT2D eigenvalue weighted by Crippen LogP contribution is 2.24. The molecule has 6 nitrogen and oxygen atoms in total. The van der Waals surface area contributed by atoms with Crippen molar-refractivity contribution in [3.05, 3.63) is 23.5 Å². The van der Waals surface area contributed by atoms with Gasteiger partial charge >= 0.3 is 0 Å². The maximum atomic E-state index is 13.6. The van der Waals surface area contributed by atoms with Crippen LogP contribution < -0.4 is 10.5 Å². The van der Waals surface area contributed by atoms with Crippen molar-refractivity contribution >= 4 is 15.7 Å². The molecule has 3 N–H and O–H groups in total. The first kappa shape index (κ1) is 16.2. The van der Waals surface area contributed by atoms with Crippen molar-refractivity contribution < 1.29 is 22.3 Å². The average Bonchev–Trinajstić information content (AvgIpc) is 2.92. The molecule has 1 aliphatic rings. The maximum absolute atomic E-state index is 13.6. The largest absolute Gasteiger partial charge is 0.398 e. The summed E-state index contributed by atoms with van der Waals surface area (Å²) in [6, 6.07) is 2.20. The zero-order valence-electron chi connectivity index (χ0n) is 12.0. The van der Waals surface area contributed by atoms with E-state index in [2.05, 4.69) is 4.72 Å². The molecule has 1 saturated heterocycles. The van der Waals surface area contributed by atoms with Gasteiger partial charge in [-0.15, -0.1) is 0 Å². The van der Waals surface area contributed by atoms with Gasteiger partial charge < -0.3 is 15.2 Å². The predicted molar refractivity (Wildman–Crippen MR) is 75.9 cm³/mol. The second-order valence-electron chi connectivity index (χ2n) is 5.13. The molecule has 1 aromatic carbocycles. The number of benzene rings is 1. The smallest absolute Gasteiger partial charge is 0.240 e. The van der Waals surface area contributed by atoms with Crippen LogP contribution in [0.2, 0.25) is 0 Å². The van der Waals surface area contributed by atoms with E-state index in [1.807, 2.05) is 0 Å². The van der Waals surface area contributed by atoms with Gasteiger partial charge in [0.05, 0.1) is 11.5 Å². The normalized spacial score (nSPS) is 22.6. The molecule has 0 aliphatic carbocycles. The summed E-state index contributed by atoms with van der Waals surface area (Å²) in [5, 5.41) is 0. The Labute approximate surface area is 123 Å². The van der Waals surface area contributed by atoms with Crippen molar-refractivity contribution in [2.45, 2.75) is 23.8 Å². The van der Waals surface area contributed by atoms with Crippen molar-refractivity contribution in [3.8, 4) is 0 Å². The van der Waals surface area contributed by atoms with E-state index in [-0.39, 0.29) is 22.7 Å². The van der Waals surface area contributed by atoms with Gasteiger partial charge in [-0.3, -0.25) is 0 Å². The molecular weight excluding hydrogens is 299 g/mol. The monoisotopic (exact) mass is 318 g/mol. The van der Waals surface area contributed by atoms with Crippen molar-refractivity contribution in [2.75, 3.05) is 32.6 Å². The first-order chi connectivity index (χ1) is 9.80. The summed E-state index contributed by atoms with van der Waals surface area (Å²) < 4.78 is 51.1. The molecule has 1 aromatic rings. The number of nitrogen functional groups attached to an aromatic ring is 1. The molecule has 0 spiro atoms. The number of ether oxygens (including phenoxy) is 2. The van der Waals surface area contributed by atoms with Crippen LogP contribution in [0.5, 0.6) is 0 Å². The number of rotatable bonds is 5. The van der Waals surface area contributed by atoms with Gasteiger partial charge in [0.1, 0.15) is 11.4 Å². The summed E-state index contributed by atoms with van der Waals surface area (Å²) in [6.45, 7) is 2.38. The molecule has 1 aliphatic heterocycles. The summed E-state index contributed by atoms with van der Waals surface area (Å²) in [5.74, 6) is -0.652. The molecule has 0 radical (unpaired) electrons. The van der Waals surface area contributed by atoms with Gasteiger partial charge in [0, 0.05) is 37.9 Å². The standard InChI is InChI=1S/C13H19FN2O4S/c1-9-11(14)5-10(6-12(9)15)21(17,18)16-7-13(19-2)3-4-20-8-13/h5-6,16H,3-4,7-8,15H2,1-2H3. The van der Waals surface area contributed by atoms with Gasteiger partial charge in [-0.25, -0.2) is 17.5 Å². The van der Waals surface area contributed by atoms with Crippen LogP contribution in [0, 0.1) is 12.7 Å². The number of nitrogens with one attached hydrogen (secondary N) is 1. The van der Waals surface area contributed by atoms with Gasteiger partial charge in [0.25, 0.3) is 0 Å². The molecule has 0 bridgehead atoms. The fourth-order valence-electron chi connectivity index (χ4n) is 2.10. The van der Waals surface area contributed by atoms with E-state index in [9.17, 15) is 12.8 Å². The number of hydrogen-bond donors (Lipinski definition) is 2. The van der Waals surface area contributed by atoms with E-state index in [1.165, 1.54) is 20.1 Å². The summed E-state index contributed by atoms with van der Waals surface area (Å²) in [6.07, 6.45) is 0.594. The lowest BCUT2D eigenvalue weighted by molar-refractivity contribution is -0.0120. The topological polar surface area (TPSA) is 90.7 Å². The van der Waals surface area contributed by atoms with Gasteiger partial charge in [-0.05, 0) is 19.1 Å². The highest BCUT2D eigenvalue weighted by atomic mass is 32.2. The number of anilines is 1. The SMILES string of the molecule is COC1(CNS(=O)(=O)c2cc(N)c(C)c(F)c2)CCOC1. The van der Waals surface area contributed by atoms with E-state index >= 15 is 0 Å². The molecule has 2 rings (SSSR count). The van der Waals surface area contributed by atoms with E-state index < -0.39 is 21.4 Å². The first-order valence-electron chi connectivity index (χ1n) is 6.48. The highest BCUT2D eigenvalue weighted by molar-refractivity contribution is 7.89. The van der Waals surface area contributed by atoms with Crippen LogP contribution in [0.4, 0.5) is 10.1 Å². The first-order valence-corrected chi connectivity index (χ1v) is 7.96. The van der Waals surface area contributed by atoms with E-state index in [4.69, 9.17) is 15.2 Å². The van der Waals surface area contributed by atoms with Crippen LogP contribution in [0.3, 0.4) is 0 Å². The Balaban J connectivity index is 2.19. The number of nitrogens with two attached hydrogens (primary N) is 1. The zero-order chi connectivity index (χ0) is 15.7. The van der Waals surface area contributed by atoms with Crippen molar-refractivity contribution in [1.82, 2.24) is 4.72 Å². The fourth-order valence-corrected chi connectivity index (χ4v) is 3.26. The lowest BCUT2D eigenvalue weighted by Crippen LogP contribution is -2.44. The molecule has 0 aromatic heterocycles. The number of halogens is 1. The molecule has 1 atom stereocenters. The van der Waals surface area contributed by atoms with Gasteiger partial charge in [0.15, 0.2) is 0 Å². The molecule has 1 fully saturated rings. The average molecular weight is 318 g/mol. The number of methoxy groups -OCH3 is 1. The Kier molecular flexibility index (Phi) is 4.52. The van der Waals surface area contributed by atoms with Crippen molar-refractivity contribution in [3.63, 3.8) is 0 Å². The lowest BCUT2D eigenvalue weighted by atomic mass is 10.0. The molecule has 0 saturated carbocycles. The summed E-state index contributed by atoms with van der Waals surface area (Å²) in [7, 11) is -2.36. The Morgan fingerprint density at radius 3 is 2.76 bits per heavy atom. The highest BCUT2D eigenvalue weighted by Gasteiger charge is 2.36. The van der Waals surface area contributed by atoms with E-state index in [1.54, 1.807) is 0 Å². The van der Waals surface area contributed by atoms with Crippen LogP contribution in [-0.2, 0) is 19.5 Å². The van der Waals surface area contributed by atoms with Crippen LogP contribution in [0.25, 0.3) is 0 Å². The zero-order valence-corrected chi connectivity index (χ0v) is 12.8. The second kappa shape index (κ2) is 5.88. The predicted octanol–water partition coefficient (Wildman–Crippen LogP) is 0.800. The third kappa shape index (κ3) is 3.34. The lowest BCUT2D eigenvalue weighted by Gasteiger charge is -2.25. The molecule has 0 amide bonds. The van der Waals surface area contributed by atoms with Crippen LogP contribution in [0.15, 0.2) is 17.0 Å². The summed E-state index contributed by atoms with van der Waals surface area (Å²) >= 11 is 0. The summed E-state index contributed by atoms with van der Waals surface area (Å²) in [4.78, 5) is -0.201. The quantitative estimate of drug-likeness (QED) is 0.784. The third-order valence-electron chi connectivity index (χ3n) is 3.75. The van der Waals surface area contributed by atoms with Gasteiger partial charge in [-0.2, -0.15) is 0 Å². The Morgan fingerprint density at radius 1 is 1.52 bits per heavy atom. The molecule has 8 heteroatoms. The van der Waals surface area contributed by atoms with Crippen LogP contribution in [0.1, 0.15) is 12.0 Å². The van der Waals surface area contributed by atoms with Crippen LogP contribution >= 0.6 is 0 Å². The molecule has 1 unspecified atom stereocenters. The Hall–Kier alpha value is -1.22. The van der Waals surface area contributed by atoms with Crippen molar-refractivity contribution in [1.29, 1.82) is 0 Å². The minimum atomic E-state index is -3.86. The number of hydrogen-bond acceptors (Lipinski definition) is 5. The Bertz CT molecular complexity index is 604.